The normalized spacial score (nSPS) is 14.1. The lowest BCUT2D eigenvalue weighted by atomic mass is 10.1. The summed E-state index contributed by atoms with van der Waals surface area (Å²) < 4.78 is 4.91. The smallest absolute Gasteiger partial charge is 0.249 e. The van der Waals surface area contributed by atoms with Gasteiger partial charge in [0.2, 0.25) is 5.91 Å². The molecular formula is C13H19NO3. The molecule has 0 bridgehead atoms. The van der Waals surface area contributed by atoms with Crippen molar-refractivity contribution in [3.05, 3.63) is 35.9 Å². The van der Waals surface area contributed by atoms with E-state index < -0.39 is 6.10 Å². The number of methoxy groups -OCH3 is 1. The summed E-state index contributed by atoms with van der Waals surface area (Å²) in [5.74, 6) is -0.206. The number of ether oxygens (including phenoxy) is 1. The Bertz CT molecular complexity index is 340. The summed E-state index contributed by atoms with van der Waals surface area (Å²) in [6.45, 7) is 1.59. The molecule has 1 unspecified atom stereocenters. The fraction of sp³-hybridized carbons (Fsp3) is 0.462. The molecule has 1 aromatic rings. The summed E-state index contributed by atoms with van der Waals surface area (Å²) in [5, 5.41) is 12.0. The lowest BCUT2D eigenvalue weighted by Gasteiger charge is -2.18. The Labute approximate surface area is 102 Å². The molecule has 0 heterocycles. The highest BCUT2D eigenvalue weighted by molar-refractivity contribution is 5.80. The van der Waals surface area contributed by atoms with Crippen LogP contribution in [-0.4, -0.2) is 36.9 Å². The molecule has 17 heavy (non-hydrogen) atoms. The Kier molecular flexibility index (Phi) is 5.66. The molecule has 0 radical (unpaired) electrons. The minimum absolute atomic E-state index is 0.0862. The van der Waals surface area contributed by atoms with Crippen molar-refractivity contribution in [2.45, 2.75) is 25.5 Å². The predicted octanol–water partition coefficient (Wildman–Crippen LogP) is 0.741. The highest BCUT2D eigenvalue weighted by Gasteiger charge is 2.16. The van der Waals surface area contributed by atoms with E-state index in [4.69, 9.17) is 4.74 Å². The second kappa shape index (κ2) is 7.04. The molecule has 0 aliphatic rings. The molecular weight excluding hydrogens is 218 g/mol. The number of benzene rings is 1. The van der Waals surface area contributed by atoms with Gasteiger partial charge in [-0.3, -0.25) is 4.79 Å². The van der Waals surface area contributed by atoms with E-state index in [0.29, 0.717) is 6.42 Å². The van der Waals surface area contributed by atoms with Crippen molar-refractivity contribution in [3.63, 3.8) is 0 Å². The van der Waals surface area contributed by atoms with Crippen LogP contribution < -0.4 is 5.32 Å². The summed E-state index contributed by atoms with van der Waals surface area (Å²) in [4.78, 5) is 11.6. The topological polar surface area (TPSA) is 58.6 Å². The minimum Gasteiger partial charge on any atom is -0.394 e. The molecule has 1 rings (SSSR count). The summed E-state index contributed by atoms with van der Waals surface area (Å²) in [5.41, 5.74) is 1.08. The van der Waals surface area contributed by atoms with Gasteiger partial charge in [-0.05, 0) is 18.9 Å². The van der Waals surface area contributed by atoms with Crippen molar-refractivity contribution in [2.75, 3.05) is 13.7 Å². The first-order valence-corrected chi connectivity index (χ1v) is 5.65. The molecule has 2 atom stereocenters. The van der Waals surface area contributed by atoms with Crippen molar-refractivity contribution < 1.29 is 14.6 Å². The van der Waals surface area contributed by atoms with Gasteiger partial charge in [-0.2, -0.15) is 0 Å². The van der Waals surface area contributed by atoms with E-state index in [1.54, 1.807) is 6.92 Å². The second-order valence-corrected chi connectivity index (χ2v) is 3.96. The monoisotopic (exact) mass is 237 g/mol. The number of aliphatic hydroxyl groups is 1. The molecule has 1 aromatic carbocycles. The largest absolute Gasteiger partial charge is 0.394 e. The third-order valence-corrected chi connectivity index (χ3v) is 2.61. The molecule has 4 nitrogen and oxygen atoms in total. The van der Waals surface area contributed by atoms with Crippen molar-refractivity contribution in [2.24, 2.45) is 0 Å². The SMILES string of the molecule is COC(C)C(=O)N[C@H](CO)Cc1ccccc1. The van der Waals surface area contributed by atoms with Crippen LogP contribution in [0.1, 0.15) is 12.5 Å². The Morgan fingerprint density at radius 2 is 2.06 bits per heavy atom. The second-order valence-electron chi connectivity index (χ2n) is 3.96. The van der Waals surface area contributed by atoms with Crippen LogP contribution in [0, 0.1) is 0 Å². The van der Waals surface area contributed by atoms with Crippen molar-refractivity contribution in [1.29, 1.82) is 0 Å². The number of carbonyl (C=O) groups excluding carboxylic acids is 1. The standard InChI is InChI=1S/C13H19NO3/c1-10(17-2)13(16)14-12(9-15)8-11-6-4-3-5-7-11/h3-7,10,12,15H,8-9H2,1-2H3,(H,14,16)/t10?,12-/m0/s1. The number of carbonyl (C=O) groups is 1. The summed E-state index contributed by atoms with van der Waals surface area (Å²) in [6, 6.07) is 9.46. The van der Waals surface area contributed by atoms with E-state index in [1.807, 2.05) is 30.3 Å². The molecule has 0 fully saturated rings. The van der Waals surface area contributed by atoms with Crippen LogP contribution in [0.25, 0.3) is 0 Å². The number of rotatable bonds is 6. The van der Waals surface area contributed by atoms with Gasteiger partial charge >= 0.3 is 0 Å². The molecule has 0 saturated carbocycles. The van der Waals surface area contributed by atoms with Gasteiger partial charge in [-0.25, -0.2) is 0 Å². The Balaban J connectivity index is 2.52. The van der Waals surface area contributed by atoms with Gasteiger partial charge in [0.05, 0.1) is 12.6 Å². The highest BCUT2D eigenvalue weighted by Crippen LogP contribution is 2.03. The summed E-state index contributed by atoms with van der Waals surface area (Å²) >= 11 is 0. The van der Waals surface area contributed by atoms with E-state index in [2.05, 4.69) is 5.32 Å². The maximum atomic E-state index is 11.6. The molecule has 0 spiro atoms. The molecule has 1 amide bonds. The van der Waals surface area contributed by atoms with E-state index in [-0.39, 0.29) is 18.6 Å². The zero-order valence-corrected chi connectivity index (χ0v) is 10.2. The van der Waals surface area contributed by atoms with Gasteiger partial charge in [-0.1, -0.05) is 30.3 Å². The van der Waals surface area contributed by atoms with Crippen molar-refractivity contribution >= 4 is 5.91 Å². The van der Waals surface area contributed by atoms with Gasteiger partial charge in [-0.15, -0.1) is 0 Å². The number of amides is 1. The van der Waals surface area contributed by atoms with Crippen LogP contribution in [-0.2, 0) is 16.0 Å². The van der Waals surface area contributed by atoms with Gasteiger partial charge in [0, 0.05) is 7.11 Å². The number of nitrogens with one attached hydrogen (secondary N) is 1. The average Bonchev–Trinajstić information content (AvgIpc) is 2.38. The minimum atomic E-state index is -0.500. The molecule has 2 N–H and O–H groups in total. The fourth-order valence-electron chi connectivity index (χ4n) is 1.49. The van der Waals surface area contributed by atoms with Crippen LogP contribution in [0.2, 0.25) is 0 Å². The first-order valence-electron chi connectivity index (χ1n) is 5.65. The van der Waals surface area contributed by atoms with E-state index in [1.165, 1.54) is 7.11 Å². The Hall–Kier alpha value is -1.39. The third kappa shape index (κ3) is 4.54. The van der Waals surface area contributed by atoms with E-state index in [9.17, 15) is 9.90 Å². The maximum absolute atomic E-state index is 11.6. The molecule has 0 aliphatic carbocycles. The lowest BCUT2D eigenvalue weighted by molar-refractivity contribution is -0.131. The van der Waals surface area contributed by atoms with Crippen LogP contribution in [0.4, 0.5) is 0 Å². The predicted molar refractivity (Wildman–Crippen MR) is 65.6 cm³/mol. The van der Waals surface area contributed by atoms with Crippen LogP contribution in [0.3, 0.4) is 0 Å². The quantitative estimate of drug-likeness (QED) is 0.767. The molecule has 0 aliphatic heterocycles. The first-order chi connectivity index (χ1) is 8.17. The van der Waals surface area contributed by atoms with Gasteiger partial charge in [0.25, 0.3) is 0 Å². The zero-order chi connectivity index (χ0) is 12.7. The van der Waals surface area contributed by atoms with E-state index in [0.717, 1.165) is 5.56 Å². The van der Waals surface area contributed by atoms with Gasteiger partial charge < -0.3 is 15.2 Å². The Morgan fingerprint density at radius 3 is 2.59 bits per heavy atom. The third-order valence-electron chi connectivity index (χ3n) is 2.61. The van der Waals surface area contributed by atoms with Gasteiger partial charge in [0.15, 0.2) is 0 Å². The highest BCUT2D eigenvalue weighted by atomic mass is 16.5. The molecule has 0 saturated heterocycles. The fourth-order valence-corrected chi connectivity index (χ4v) is 1.49. The summed E-state index contributed by atoms with van der Waals surface area (Å²) in [6.07, 6.45) is 0.110. The lowest BCUT2D eigenvalue weighted by Crippen LogP contribution is -2.44. The van der Waals surface area contributed by atoms with Crippen LogP contribution in [0.15, 0.2) is 30.3 Å². The van der Waals surface area contributed by atoms with Crippen molar-refractivity contribution in [1.82, 2.24) is 5.32 Å². The molecule has 4 heteroatoms. The van der Waals surface area contributed by atoms with Crippen molar-refractivity contribution in [3.8, 4) is 0 Å². The number of aliphatic hydroxyl groups excluding tert-OH is 1. The average molecular weight is 237 g/mol. The maximum Gasteiger partial charge on any atom is 0.249 e. The van der Waals surface area contributed by atoms with Gasteiger partial charge in [0.1, 0.15) is 6.10 Å². The molecule has 94 valence electrons. The van der Waals surface area contributed by atoms with Crippen LogP contribution in [0.5, 0.6) is 0 Å². The Morgan fingerprint density at radius 1 is 1.41 bits per heavy atom. The number of hydrogen-bond donors (Lipinski definition) is 2. The molecule has 0 aromatic heterocycles. The van der Waals surface area contributed by atoms with E-state index >= 15 is 0 Å². The zero-order valence-electron chi connectivity index (χ0n) is 10.2. The summed E-state index contributed by atoms with van der Waals surface area (Å²) in [7, 11) is 1.48. The first kappa shape index (κ1) is 13.7. The van der Waals surface area contributed by atoms with Crippen LogP contribution >= 0.6 is 0 Å². The number of hydrogen-bond acceptors (Lipinski definition) is 3.